The smallest absolute Gasteiger partial charge is 0.269 e. The average molecular weight is 369 g/mol. The molecule has 0 spiro atoms. The average Bonchev–Trinajstić information content (AvgIpc) is 3.15. The third-order valence-corrected chi connectivity index (χ3v) is 4.11. The normalized spacial score (nSPS) is 11.8. The summed E-state index contributed by atoms with van der Waals surface area (Å²) in [7, 11) is 3.12. The SMILES string of the molecule is COc1ccc(C(N)c2n[nH]c(Cc3ccc([N+](=O)[O-])cc3)n2)cc1OC. The molecule has 2 aromatic carbocycles. The van der Waals surface area contributed by atoms with E-state index < -0.39 is 11.0 Å². The number of hydrogen-bond acceptors (Lipinski definition) is 7. The first kappa shape index (κ1) is 18.3. The van der Waals surface area contributed by atoms with Crippen LogP contribution in [0.15, 0.2) is 42.5 Å². The molecule has 0 bridgehead atoms. The Balaban J connectivity index is 1.75. The van der Waals surface area contributed by atoms with Crippen LogP contribution in [0.1, 0.15) is 28.8 Å². The van der Waals surface area contributed by atoms with Gasteiger partial charge in [-0.3, -0.25) is 15.2 Å². The molecule has 3 N–H and O–H groups in total. The minimum absolute atomic E-state index is 0.0486. The van der Waals surface area contributed by atoms with Gasteiger partial charge in [0.2, 0.25) is 0 Å². The highest BCUT2D eigenvalue weighted by molar-refractivity contribution is 5.44. The van der Waals surface area contributed by atoms with Crippen LogP contribution in [0.3, 0.4) is 0 Å². The van der Waals surface area contributed by atoms with Crippen LogP contribution in [0.2, 0.25) is 0 Å². The maximum absolute atomic E-state index is 10.7. The van der Waals surface area contributed by atoms with Gasteiger partial charge >= 0.3 is 0 Å². The number of H-pyrrole nitrogens is 1. The van der Waals surface area contributed by atoms with Gasteiger partial charge in [-0.2, -0.15) is 5.10 Å². The highest BCUT2D eigenvalue weighted by Crippen LogP contribution is 2.30. The molecule has 0 aliphatic carbocycles. The van der Waals surface area contributed by atoms with Crippen LogP contribution in [-0.4, -0.2) is 34.3 Å². The van der Waals surface area contributed by atoms with E-state index in [1.165, 1.54) is 12.1 Å². The zero-order valence-corrected chi connectivity index (χ0v) is 14.9. The topological polar surface area (TPSA) is 129 Å². The van der Waals surface area contributed by atoms with Crippen LogP contribution >= 0.6 is 0 Å². The van der Waals surface area contributed by atoms with Crippen LogP contribution in [0.4, 0.5) is 5.69 Å². The number of benzene rings is 2. The minimum atomic E-state index is -0.535. The van der Waals surface area contributed by atoms with Gasteiger partial charge in [0.25, 0.3) is 5.69 Å². The number of methoxy groups -OCH3 is 2. The Kier molecular flexibility index (Phi) is 5.32. The molecular formula is C18H19N5O4. The molecule has 0 amide bonds. The number of nitro benzene ring substituents is 1. The second kappa shape index (κ2) is 7.83. The van der Waals surface area contributed by atoms with E-state index in [9.17, 15) is 10.1 Å². The lowest BCUT2D eigenvalue weighted by Crippen LogP contribution is -2.14. The first-order chi connectivity index (χ1) is 13.0. The van der Waals surface area contributed by atoms with Crippen LogP contribution in [0, 0.1) is 10.1 Å². The number of nitrogens with one attached hydrogen (secondary N) is 1. The molecule has 0 saturated heterocycles. The summed E-state index contributed by atoms with van der Waals surface area (Å²) in [6.07, 6.45) is 0.462. The Morgan fingerprint density at radius 1 is 1.15 bits per heavy atom. The molecule has 1 aromatic heterocycles. The zero-order valence-electron chi connectivity index (χ0n) is 14.9. The molecule has 0 radical (unpaired) electrons. The van der Waals surface area contributed by atoms with Crippen molar-refractivity contribution in [2.75, 3.05) is 14.2 Å². The predicted molar refractivity (Wildman–Crippen MR) is 97.9 cm³/mol. The Morgan fingerprint density at radius 3 is 2.48 bits per heavy atom. The highest BCUT2D eigenvalue weighted by Gasteiger charge is 2.17. The van der Waals surface area contributed by atoms with Gasteiger partial charge < -0.3 is 15.2 Å². The largest absolute Gasteiger partial charge is 0.493 e. The van der Waals surface area contributed by atoms with E-state index >= 15 is 0 Å². The number of aromatic nitrogens is 3. The first-order valence-corrected chi connectivity index (χ1v) is 8.14. The standard InChI is InChI=1S/C18H19N5O4/c1-26-14-8-5-12(10-15(14)27-2)17(19)18-20-16(21-22-18)9-11-3-6-13(7-4-11)23(24)25/h3-8,10,17H,9,19H2,1-2H3,(H,20,21,22). The van der Waals surface area contributed by atoms with Crippen molar-refractivity contribution in [3.05, 3.63) is 75.4 Å². The van der Waals surface area contributed by atoms with E-state index in [2.05, 4.69) is 15.2 Å². The van der Waals surface area contributed by atoms with Crippen molar-refractivity contribution in [1.29, 1.82) is 0 Å². The van der Waals surface area contributed by atoms with Gasteiger partial charge in [-0.25, -0.2) is 4.98 Å². The summed E-state index contributed by atoms with van der Waals surface area (Å²) in [4.78, 5) is 14.7. The van der Waals surface area contributed by atoms with Crippen molar-refractivity contribution >= 4 is 5.69 Å². The van der Waals surface area contributed by atoms with E-state index in [0.717, 1.165) is 11.1 Å². The number of aromatic amines is 1. The Morgan fingerprint density at radius 2 is 1.85 bits per heavy atom. The summed E-state index contributed by atoms with van der Waals surface area (Å²) in [6, 6.07) is 11.2. The number of nitrogens with two attached hydrogens (primary N) is 1. The summed E-state index contributed by atoms with van der Waals surface area (Å²) in [5.41, 5.74) is 7.99. The Hall–Kier alpha value is -3.46. The molecule has 1 atom stereocenters. The van der Waals surface area contributed by atoms with Crippen molar-refractivity contribution in [1.82, 2.24) is 15.2 Å². The number of hydrogen-bond donors (Lipinski definition) is 2. The zero-order chi connectivity index (χ0) is 19.4. The maximum Gasteiger partial charge on any atom is 0.269 e. The number of rotatable bonds is 7. The number of nitro groups is 1. The molecule has 9 heteroatoms. The van der Waals surface area contributed by atoms with Crippen LogP contribution < -0.4 is 15.2 Å². The number of ether oxygens (including phenoxy) is 2. The van der Waals surface area contributed by atoms with E-state index in [1.54, 1.807) is 38.5 Å². The molecule has 1 unspecified atom stereocenters. The van der Waals surface area contributed by atoms with Gasteiger partial charge in [-0.05, 0) is 23.3 Å². The van der Waals surface area contributed by atoms with Crippen LogP contribution in [0.5, 0.6) is 11.5 Å². The fourth-order valence-electron chi connectivity index (χ4n) is 2.65. The summed E-state index contributed by atoms with van der Waals surface area (Å²) in [6.45, 7) is 0. The lowest BCUT2D eigenvalue weighted by atomic mass is 10.1. The van der Waals surface area contributed by atoms with Crippen molar-refractivity contribution in [2.24, 2.45) is 5.73 Å². The quantitative estimate of drug-likeness (QED) is 0.483. The van der Waals surface area contributed by atoms with Crippen molar-refractivity contribution in [3.63, 3.8) is 0 Å². The third-order valence-electron chi connectivity index (χ3n) is 4.11. The molecule has 1 heterocycles. The van der Waals surface area contributed by atoms with Crippen LogP contribution in [-0.2, 0) is 6.42 Å². The van der Waals surface area contributed by atoms with Gasteiger partial charge in [0, 0.05) is 18.6 Å². The van der Waals surface area contributed by atoms with E-state index in [-0.39, 0.29) is 5.69 Å². The highest BCUT2D eigenvalue weighted by atomic mass is 16.6. The van der Waals surface area contributed by atoms with Crippen LogP contribution in [0.25, 0.3) is 0 Å². The predicted octanol–water partition coefficient (Wildman–Crippen LogP) is 2.37. The monoisotopic (exact) mass is 369 g/mol. The fourth-order valence-corrected chi connectivity index (χ4v) is 2.65. The summed E-state index contributed by atoms with van der Waals surface area (Å²) in [5.74, 6) is 2.25. The van der Waals surface area contributed by atoms with Gasteiger partial charge in [0.15, 0.2) is 17.3 Å². The molecule has 3 rings (SSSR count). The summed E-state index contributed by atoms with van der Waals surface area (Å²) in [5, 5.41) is 17.8. The van der Waals surface area contributed by atoms with Gasteiger partial charge in [-0.15, -0.1) is 0 Å². The van der Waals surface area contributed by atoms with E-state index in [4.69, 9.17) is 15.2 Å². The molecule has 0 fully saturated rings. The van der Waals surface area contributed by atoms with E-state index in [1.807, 2.05) is 6.07 Å². The van der Waals surface area contributed by atoms with Gasteiger partial charge in [0.05, 0.1) is 25.2 Å². The molecule has 0 aliphatic rings. The molecule has 0 aliphatic heterocycles. The maximum atomic E-state index is 10.7. The first-order valence-electron chi connectivity index (χ1n) is 8.14. The van der Waals surface area contributed by atoms with Crippen molar-refractivity contribution in [3.8, 4) is 11.5 Å². The fraction of sp³-hybridized carbons (Fsp3) is 0.222. The number of non-ortho nitro benzene ring substituents is 1. The van der Waals surface area contributed by atoms with Gasteiger partial charge in [-0.1, -0.05) is 18.2 Å². The number of nitrogens with zero attached hydrogens (tertiary/aromatic N) is 3. The lowest BCUT2D eigenvalue weighted by molar-refractivity contribution is -0.384. The Labute approximate surface area is 155 Å². The molecule has 9 nitrogen and oxygen atoms in total. The molecule has 0 saturated carbocycles. The second-order valence-corrected chi connectivity index (χ2v) is 5.83. The summed E-state index contributed by atoms with van der Waals surface area (Å²) >= 11 is 0. The lowest BCUT2D eigenvalue weighted by Gasteiger charge is -2.12. The molecular weight excluding hydrogens is 350 g/mol. The third kappa shape index (κ3) is 4.04. The van der Waals surface area contributed by atoms with E-state index in [0.29, 0.717) is 29.6 Å². The molecule has 140 valence electrons. The summed E-state index contributed by atoms with van der Waals surface area (Å²) < 4.78 is 10.5. The Bertz CT molecular complexity index is 939. The van der Waals surface area contributed by atoms with Crippen molar-refractivity contribution < 1.29 is 14.4 Å². The van der Waals surface area contributed by atoms with Gasteiger partial charge in [0.1, 0.15) is 5.82 Å². The molecule has 27 heavy (non-hydrogen) atoms. The second-order valence-electron chi connectivity index (χ2n) is 5.83. The molecule has 3 aromatic rings. The minimum Gasteiger partial charge on any atom is -0.493 e. The van der Waals surface area contributed by atoms with Crippen molar-refractivity contribution in [2.45, 2.75) is 12.5 Å².